The molecule has 2 aliphatic carbocycles. The Morgan fingerprint density at radius 3 is 2.75 bits per heavy atom. The second-order valence-electron chi connectivity index (χ2n) is 6.00. The van der Waals surface area contributed by atoms with Crippen molar-refractivity contribution in [1.29, 1.82) is 0 Å². The second kappa shape index (κ2) is 6.08. The van der Waals surface area contributed by atoms with Gasteiger partial charge in [-0.1, -0.05) is 12.0 Å². The van der Waals surface area contributed by atoms with E-state index in [1.165, 1.54) is 42.6 Å². The fraction of sp³-hybridized carbons (Fsp3) is 0.625. The number of hydrogen-bond donors (Lipinski definition) is 1. The molecule has 1 atom stereocenters. The summed E-state index contributed by atoms with van der Waals surface area (Å²) in [6.45, 7) is 2.07. The minimum Gasteiger partial charge on any atom is -0.343 e. The van der Waals surface area contributed by atoms with Crippen molar-refractivity contribution in [2.75, 3.05) is 0 Å². The molecule has 3 rings (SSSR count). The van der Waals surface area contributed by atoms with Crippen LogP contribution in [0.4, 0.5) is 0 Å². The number of hydrogen-bond acceptors (Lipinski definition) is 3. The third kappa shape index (κ3) is 3.48. The van der Waals surface area contributed by atoms with Crippen molar-refractivity contribution in [3.63, 3.8) is 0 Å². The van der Waals surface area contributed by atoms with Crippen LogP contribution in [-0.4, -0.2) is 10.9 Å². The van der Waals surface area contributed by atoms with Gasteiger partial charge in [-0.3, -0.25) is 4.79 Å². The molecule has 0 saturated heterocycles. The van der Waals surface area contributed by atoms with Crippen LogP contribution in [0.5, 0.6) is 0 Å². The van der Waals surface area contributed by atoms with Crippen LogP contribution in [0.25, 0.3) is 0 Å². The van der Waals surface area contributed by atoms with E-state index >= 15 is 0 Å². The number of amides is 1. The third-order valence-electron chi connectivity index (χ3n) is 4.13. The highest BCUT2D eigenvalue weighted by atomic mass is 32.1. The SMILES string of the molecule is Cc1cnc([C@@H](NC(=O)C=C2CCCCC2)C2CC2)s1. The smallest absolute Gasteiger partial charge is 0.244 e. The summed E-state index contributed by atoms with van der Waals surface area (Å²) >= 11 is 1.71. The number of nitrogens with zero attached hydrogens (tertiary/aromatic N) is 1. The van der Waals surface area contributed by atoms with Crippen LogP contribution < -0.4 is 5.32 Å². The number of nitrogens with one attached hydrogen (secondary N) is 1. The summed E-state index contributed by atoms with van der Waals surface area (Å²) in [4.78, 5) is 17.9. The zero-order chi connectivity index (χ0) is 13.9. The molecule has 1 aromatic rings. The lowest BCUT2D eigenvalue weighted by atomic mass is 9.94. The lowest BCUT2D eigenvalue weighted by molar-refractivity contribution is -0.117. The van der Waals surface area contributed by atoms with Gasteiger partial charge >= 0.3 is 0 Å². The number of carbonyl (C=O) groups is 1. The fourth-order valence-corrected chi connectivity index (χ4v) is 3.78. The van der Waals surface area contributed by atoms with Gasteiger partial charge in [0.15, 0.2) is 0 Å². The van der Waals surface area contributed by atoms with Gasteiger partial charge in [-0.15, -0.1) is 11.3 Å². The largest absolute Gasteiger partial charge is 0.343 e. The molecule has 2 saturated carbocycles. The first kappa shape index (κ1) is 13.8. The highest BCUT2D eigenvalue weighted by Crippen LogP contribution is 2.42. The monoisotopic (exact) mass is 290 g/mol. The summed E-state index contributed by atoms with van der Waals surface area (Å²) in [6.07, 6.45) is 12.1. The number of carbonyl (C=O) groups excluding carboxylic acids is 1. The number of allylic oxidation sites excluding steroid dienone is 1. The molecule has 108 valence electrons. The van der Waals surface area contributed by atoms with E-state index in [9.17, 15) is 4.79 Å². The Morgan fingerprint density at radius 2 is 2.15 bits per heavy atom. The van der Waals surface area contributed by atoms with Crippen LogP contribution in [0.15, 0.2) is 17.8 Å². The maximum atomic E-state index is 12.2. The van der Waals surface area contributed by atoms with Crippen LogP contribution >= 0.6 is 11.3 Å². The van der Waals surface area contributed by atoms with Crippen LogP contribution in [-0.2, 0) is 4.79 Å². The number of aryl methyl sites for hydroxylation is 1. The van der Waals surface area contributed by atoms with Gasteiger partial charge in [-0.05, 0) is 51.4 Å². The maximum Gasteiger partial charge on any atom is 0.244 e. The number of aromatic nitrogens is 1. The molecule has 2 aliphatic rings. The molecule has 0 bridgehead atoms. The summed E-state index contributed by atoms with van der Waals surface area (Å²) < 4.78 is 0. The van der Waals surface area contributed by atoms with E-state index in [0.29, 0.717) is 5.92 Å². The Hall–Kier alpha value is -1.16. The molecule has 2 fully saturated rings. The van der Waals surface area contributed by atoms with Crippen LogP contribution in [0.3, 0.4) is 0 Å². The fourth-order valence-electron chi connectivity index (χ4n) is 2.86. The lowest BCUT2D eigenvalue weighted by Gasteiger charge is -2.17. The van der Waals surface area contributed by atoms with E-state index in [-0.39, 0.29) is 11.9 Å². The number of rotatable bonds is 4. The van der Waals surface area contributed by atoms with E-state index < -0.39 is 0 Å². The van der Waals surface area contributed by atoms with Crippen molar-refractivity contribution in [2.24, 2.45) is 5.92 Å². The first-order valence-electron chi connectivity index (χ1n) is 7.64. The van der Waals surface area contributed by atoms with Crippen LogP contribution in [0.1, 0.15) is 60.9 Å². The summed E-state index contributed by atoms with van der Waals surface area (Å²) in [5.41, 5.74) is 1.32. The molecule has 0 aliphatic heterocycles. The normalized spacial score (nSPS) is 20.6. The molecular weight excluding hydrogens is 268 g/mol. The minimum absolute atomic E-state index is 0.0756. The topological polar surface area (TPSA) is 42.0 Å². The Morgan fingerprint density at radius 1 is 1.40 bits per heavy atom. The Kier molecular flexibility index (Phi) is 4.20. The molecule has 1 amide bonds. The number of thiazole rings is 1. The molecular formula is C16H22N2OS. The van der Waals surface area contributed by atoms with Gasteiger partial charge in [0.1, 0.15) is 5.01 Å². The minimum atomic E-state index is 0.0756. The second-order valence-corrected chi connectivity index (χ2v) is 7.26. The Balaban J connectivity index is 1.65. The van der Waals surface area contributed by atoms with Gasteiger partial charge in [0.2, 0.25) is 5.91 Å². The van der Waals surface area contributed by atoms with Gasteiger partial charge in [0, 0.05) is 17.2 Å². The van der Waals surface area contributed by atoms with E-state index in [1.807, 2.05) is 12.3 Å². The van der Waals surface area contributed by atoms with Crippen molar-refractivity contribution in [3.8, 4) is 0 Å². The molecule has 1 N–H and O–H groups in total. The van der Waals surface area contributed by atoms with E-state index in [2.05, 4.69) is 17.2 Å². The zero-order valence-corrected chi connectivity index (χ0v) is 12.8. The first-order valence-corrected chi connectivity index (χ1v) is 8.46. The summed E-state index contributed by atoms with van der Waals surface area (Å²) in [6, 6.07) is 0.127. The van der Waals surface area contributed by atoms with E-state index in [4.69, 9.17) is 0 Å². The first-order chi connectivity index (χ1) is 9.72. The standard InChI is InChI=1S/C16H22N2OS/c1-11-10-17-16(20-11)15(13-7-8-13)18-14(19)9-12-5-3-2-4-6-12/h9-10,13,15H,2-8H2,1H3,(H,18,19)/t15-/m0/s1. The molecule has 0 radical (unpaired) electrons. The highest BCUT2D eigenvalue weighted by Gasteiger charge is 2.35. The van der Waals surface area contributed by atoms with Crippen molar-refractivity contribution in [3.05, 3.63) is 27.7 Å². The maximum absolute atomic E-state index is 12.2. The quantitative estimate of drug-likeness (QED) is 0.854. The summed E-state index contributed by atoms with van der Waals surface area (Å²) in [7, 11) is 0. The average Bonchev–Trinajstić information content (AvgIpc) is 3.19. The summed E-state index contributed by atoms with van der Waals surface area (Å²) in [5, 5.41) is 4.26. The highest BCUT2D eigenvalue weighted by molar-refractivity contribution is 7.11. The zero-order valence-electron chi connectivity index (χ0n) is 12.0. The van der Waals surface area contributed by atoms with Crippen LogP contribution in [0.2, 0.25) is 0 Å². The van der Waals surface area contributed by atoms with Crippen molar-refractivity contribution in [1.82, 2.24) is 10.3 Å². The summed E-state index contributed by atoms with van der Waals surface area (Å²) in [5.74, 6) is 0.668. The average molecular weight is 290 g/mol. The van der Waals surface area contributed by atoms with Crippen molar-refractivity contribution >= 4 is 17.2 Å². The lowest BCUT2D eigenvalue weighted by Crippen LogP contribution is -2.28. The molecule has 20 heavy (non-hydrogen) atoms. The molecule has 0 unspecified atom stereocenters. The van der Waals surface area contributed by atoms with Crippen molar-refractivity contribution < 1.29 is 4.79 Å². The molecule has 0 aromatic carbocycles. The molecule has 0 spiro atoms. The third-order valence-corrected chi connectivity index (χ3v) is 5.12. The van der Waals surface area contributed by atoms with Gasteiger partial charge in [0.05, 0.1) is 6.04 Å². The van der Waals surface area contributed by atoms with Crippen molar-refractivity contribution in [2.45, 2.75) is 57.9 Å². The molecule has 1 aromatic heterocycles. The van der Waals surface area contributed by atoms with Gasteiger partial charge in [-0.2, -0.15) is 0 Å². The predicted molar refractivity (Wildman–Crippen MR) is 81.6 cm³/mol. The predicted octanol–water partition coefficient (Wildman–Crippen LogP) is 3.91. The Labute approximate surface area is 124 Å². The van der Waals surface area contributed by atoms with E-state index in [1.54, 1.807) is 11.3 Å². The van der Waals surface area contributed by atoms with Crippen LogP contribution in [0, 0.1) is 12.8 Å². The van der Waals surface area contributed by atoms with Gasteiger partial charge < -0.3 is 5.32 Å². The van der Waals surface area contributed by atoms with E-state index in [0.717, 1.165) is 17.8 Å². The Bertz CT molecular complexity index is 508. The van der Waals surface area contributed by atoms with Gasteiger partial charge in [0.25, 0.3) is 0 Å². The molecule has 1 heterocycles. The molecule has 3 nitrogen and oxygen atoms in total. The molecule has 4 heteroatoms. The van der Waals surface area contributed by atoms with Gasteiger partial charge in [-0.25, -0.2) is 4.98 Å².